The zero-order valence-corrected chi connectivity index (χ0v) is 13.4. The van der Waals surface area contributed by atoms with Gasteiger partial charge in [0.2, 0.25) is 0 Å². The van der Waals surface area contributed by atoms with Crippen LogP contribution in [0.3, 0.4) is 0 Å². The maximum absolute atomic E-state index is 10.8. The SMILES string of the molecule is COc1ccc(Cl)cc1CN(C)c1ccc([N+](=O)[O-])cc1C#N. The van der Waals surface area contributed by atoms with E-state index in [2.05, 4.69) is 0 Å². The van der Waals surface area contributed by atoms with E-state index in [0.717, 1.165) is 5.56 Å². The summed E-state index contributed by atoms with van der Waals surface area (Å²) in [5.41, 5.74) is 1.58. The van der Waals surface area contributed by atoms with E-state index in [4.69, 9.17) is 16.3 Å². The Labute approximate surface area is 138 Å². The van der Waals surface area contributed by atoms with Gasteiger partial charge in [0.05, 0.1) is 23.3 Å². The van der Waals surface area contributed by atoms with Crippen molar-refractivity contribution in [1.82, 2.24) is 0 Å². The highest BCUT2D eigenvalue weighted by Crippen LogP contribution is 2.28. The third-order valence-corrected chi connectivity index (χ3v) is 3.61. The van der Waals surface area contributed by atoms with Crippen molar-refractivity contribution in [2.45, 2.75) is 6.54 Å². The zero-order chi connectivity index (χ0) is 17.0. The number of nitro groups is 1. The third kappa shape index (κ3) is 3.71. The molecule has 0 amide bonds. The Balaban J connectivity index is 2.35. The summed E-state index contributed by atoms with van der Waals surface area (Å²) in [6, 6.07) is 11.5. The fourth-order valence-corrected chi connectivity index (χ4v) is 2.47. The van der Waals surface area contributed by atoms with Crippen LogP contribution in [-0.2, 0) is 6.54 Å². The second-order valence-electron chi connectivity index (χ2n) is 4.88. The van der Waals surface area contributed by atoms with Crippen molar-refractivity contribution in [3.8, 4) is 11.8 Å². The molecule has 0 fully saturated rings. The van der Waals surface area contributed by atoms with Gasteiger partial charge < -0.3 is 9.64 Å². The number of rotatable bonds is 5. The molecule has 0 saturated heterocycles. The van der Waals surface area contributed by atoms with Gasteiger partial charge in [-0.3, -0.25) is 10.1 Å². The highest BCUT2D eigenvalue weighted by molar-refractivity contribution is 6.30. The second kappa shape index (κ2) is 6.99. The van der Waals surface area contributed by atoms with Gasteiger partial charge in [-0.15, -0.1) is 0 Å². The monoisotopic (exact) mass is 331 g/mol. The minimum atomic E-state index is -0.523. The third-order valence-electron chi connectivity index (χ3n) is 3.37. The molecular weight excluding hydrogens is 318 g/mol. The molecule has 23 heavy (non-hydrogen) atoms. The van der Waals surface area contributed by atoms with E-state index in [0.29, 0.717) is 23.0 Å². The lowest BCUT2D eigenvalue weighted by atomic mass is 10.1. The second-order valence-corrected chi connectivity index (χ2v) is 5.32. The van der Waals surface area contributed by atoms with Crippen LogP contribution in [0.1, 0.15) is 11.1 Å². The lowest BCUT2D eigenvalue weighted by Gasteiger charge is -2.21. The predicted octanol–water partition coefficient (Wildman–Crippen LogP) is 3.76. The van der Waals surface area contributed by atoms with Crippen molar-refractivity contribution in [2.24, 2.45) is 0 Å². The number of halogens is 1. The summed E-state index contributed by atoms with van der Waals surface area (Å²) < 4.78 is 5.30. The summed E-state index contributed by atoms with van der Waals surface area (Å²) in [5, 5.41) is 20.6. The van der Waals surface area contributed by atoms with E-state index >= 15 is 0 Å². The molecule has 0 aliphatic carbocycles. The van der Waals surface area contributed by atoms with Gasteiger partial charge in [0.15, 0.2) is 0 Å². The predicted molar refractivity (Wildman–Crippen MR) is 87.9 cm³/mol. The molecule has 2 aromatic rings. The van der Waals surface area contributed by atoms with Crippen LogP contribution in [0, 0.1) is 21.4 Å². The Bertz CT molecular complexity index is 787. The number of ether oxygens (including phenoxy) is 1. The summed E-state index contributed by atoms with van der Waals surface area (Å²) in [7, 11) is 3.36. The molecule has 6 nitrogen and oxygen atoms in total. The number of methoxy groups -OCH3 is 1. The Morgan fingerprint density at radius 2 is 2.09 bits per heavy atom. The fourth-order valence-electron chi connectivity index (χ4n) is 2.27. The van der Waals surface area contributed by atoms with E-state index in [9.17, 15) is 15.4 Å². The van der Waals surface area contributed by atoms with Crippen molar-refractivity contribution in [3.05, 3.63) is 62.7 Å². The molecule has 0 bridgehead atoms. The van der Waals surface area contributed by atoms with Crippen LogP contribution in [-0.4, -0.2) is 19.1 Å². The maximum Gasteiger partial charge on any atom is 0.270 e. The van der Waals surface area contributed by atoms with Gasteiger partial charge in [-0.05, 0) is 24.3 Å². The number of nitrogens with zero attached hydrogens (tertiary/aromatic N) is 3. The van der Waals surface area contributed by atoms with Crippen LogP contribution in [0.5, 0.6) is 5.75 Å². The van der Waals surface area contributed by atoms with Crippen molar-refractivity contribution in [2.75, 3.05) is 19.1 Å². The number of non-ortho nitro benzene ring substituents is 1. The Morgan fingerprint density at radius 3 is 2.70 bits per heavy atom. The van der Waals surface area contributed by atoms with E-state index in [-0.39, 0.29) is 11.3 Å². The van der Waals surface area contributed by atoms with Crippen LogP contribution in [0.25, 0.3) is 0 Å². The molecule has 0 radical (unpaired) electrons. The van der Waals surface area contributed by atoms with Crippen LogP contribution >= 0.6 is 11.6 Å². The number of nitriles is 1. The van der Waals surface area contributed by atoms with Crippen molar-refractivity contribution < 1.29 is 9.66 Å². The number of hydrogen-bond donors (Lipinski definition) is 0. The molecule has 0 aliphatic rings. The topological polar surface area (TPSA) is 79.4 Å². The quantitative estimate of drug-likeness (QED) is 0.615. The molecule has 0 aromatic heterocycles. The Hall–Kier alpha value is -2.78. The van der Waals surface area contributed by atoms with Gasteiger partial charge in [-0.2, -0.15) is 5.26 Å². The molecule has 0 aliphatic heterocycles. The summed E-state index contributed by atoms with van der Waals surface area (Å²) in [6.07, 6.45) is 0. The Kier molecular flexibility index (Phi) is 5.04. The first-order valence-electron chi connectivity index (χ1n) is 6.68. The summed E-state index contributed by atoms with van der Waals surface area (Å²) >= 11 is 6.02. The molecule has 7 heteroatoms. The summed E-state index contributed by atoms with van der Waals surface area (Å²) in [5.74, 6) is 0.682. The van der Waals surface area contributed by atoms with Crippen LogP contribution < -0.4 is 9.64 Å². The number of anilines is 1. The standard InChI is InChI=1S/C16H14ClN3O3/c1-19(10-12-7-13(17)3-6-16(12)23-2)15-5-4-14(20(21)22)8-11(15)9-18/h3-8H,10H2,1-2H3. The highest BCUT2D eigenvalue weighted by atomic mass is 35.5. The van der Waals surface area contributed by atoms with Gasteiger partial charge in [-0.25, -0.2) is 0 Å². The van der Waals surface area contributed by atoms with Crippen molar-refractivity contribution in [3.63, 3.8) is 0 Å². The summed E-state index contributed by atoms with van der Waals surface area (Å²) in [6.45, 7) is 0.441. The van der Waals surface area contributed by atoms with Crippen LogP contribution in [0.15, 0.2) is 36.4 Å². The van der Waals surface area contributed by atoms with Gasteiger partial charge in [0.1, 0.15) is 11.8 Å². The molecule has 0 heterocycles. The number of benzene rings is 2. The van der Waals surface area contributed by atoms with Gasteiger partial charge >= 0.3 is 0 Å². The average Bonchev–Trinajstić information content (AvgIpc) is 2.54. The van der Waals surface area contributed by atoms with Gasteiger partial charge in [0, 0.05) is 36.3 Å². The molecule has 0 unspecified atom stereocenters. The maximum atomic E-state index is 10.8. The molecule has 0 spiro atoms. The first kappa shape index (κ1) is 16.6. The van der Waals surface area contributed by atoms with E-state index in [1.165, 1.54) is 12.1 Å². The lowest BCUT2D eigenvalue weighted by Crippen LogP contribution is -2.18. The Morgan fingerprint density at radius 1 is 1.35 bits per heavy atom. The van der Waals surface area contributed by atoms with Crippen molar-refractivity contribution >= 4 is 23.0 Å². The molecule has 2 rings (SSSR count). The zero-order valence-electron chi connectivity index (χ0n) is 12.6. The molecule has 118 valence electrons. The summed E-state index contributed by atoms with van der Waals surface area (Å²) in [4.78, 5) is 12.1. The number of hydrogen-bond acceptors (Lipinski definition) is 5. The minimum absolute atomic E-state index is 0.112. The molecule has 0 atom stereocenters. The molecule has 0 saturated carbocycles. The van der Waals surface area contributed by atoms with Crippen LogP contribution in [0.4, 0.5) is 11.4 Å². The lowest BCUT2D eigenvalue weighted by molar-refractivity contribution is -0.384. The molecule has 2 aromatic carbocycles. The molecule has 0 N–H and O–H groups in total. The minimum Gasteiger partial charge on any atom is -0.496 e. The van der Waals surface area contributed by atoms with E-state index in [1.807, 2.05) is 11.0 Å². The highest BCUT2D eigenvalue weighted by Gasteiger charge is 2.15. The van der Waals surface area contributed by atoms with Gasteiger partial charge in [-0.1, -0.05) is 11.6 Å². The van der Waals surface area contributed by atoms with Crippen molar-refractivity contribution in [1.29, 1.82) is 5.26 Å². The smallest absolute Gasteiger partial charge is 0.270 e. The first-order valence-corrected chi connectivity index (χ1v) is 7.06. The molecular formula is C16H14ClN3O3. The van der Waals surface area contributed by atoms with Crippen LogP contribution in [0.2, 0.25) is 5.02 Å². The van der Waals surface area contributed by atoms with E-state index in [1.54, 1.807) is 38.4 Å². The van der Waals surface area contributed by atoms with Gasteiger partial charge in [0.25, 0.3) is 5.69 Å². The normalized spacial score (nSPS) is 10.0. The number of nitro benzene ring substituents is 1. The largest absolute Gasteiger partial charge is 0.496 e. The van der Waals surface area contributed by atoms with E-state index < -0.39 is 4.92 Å². The average molecular weight is 332 g/mol. The first-order chi connectivity index (χ1) is 11.0. The fraction of sp³-hybridized carbons (Fsp3) is 0.188.